The molecule has 1 saturated carbocycles. The summed E-state index contributed by atoms with van der Waals surface area (Å²) < 4.78 is 26.3. The van der Waals surface area contributed by atoms with Gasteiger partial charge in [-0.2, -0.15) is 0 Å². The molecule has 0 spiro atoms. The molecule has 1 aromatic carbocycles. The first-order valence-corrected chi connectivity index (χ1v) is 9.07. The van der Waals surface area contributed by atoms with E-state index in [4.69, 9.17) is 0 Å². The van der Waals surface area contributed by atoms with Crippen molar-refractivity contribution in [2.24, 2.45) is 11.8 Å². The second-order valence-corrected chi connectivity index (χ2v) is 7.90. The Kier molecular flexibility index (Phi) is 6.13. The number of amides is 2. The summed E-state index contributed by atoms with van der Waals surface area (Å²) in [6, 6.07) is 5.69. The minimum Gasteiger partial charge on any atom is -0.270 e. The number of hydrogen-bond acceptors (Lipinski definition) is 4. The van der Waals surface area contributed by atoms with Gasteiger partial charge in [0.1, 0.15) is 0 Å². The molecule has 0 aromatic heterocycles. The van der Waals surface area contributed by atoms with Crippen LogP contribution < -0.4 is 39.7 Å². The quantitative estimate of drug-likeness (QED) is 0.663. The van der Waals surface area contributed by atoms with Crippen LogP contribution in [-0.2, 0) is 10.0 Å². The van der Waals surface area contributed by atoms with Crippen LogP contribution in [0.25, 0.3) is 0 Å². The zero-order valence-corrected chi connectivity index (χ0v) is 16.4. The van der Waals surface area contributed by atoms with Crippen LogP contribution in [-0.4, -0.2) is 32.5 Å². The van der Waals surface area contributed by atoms with Crippen LogP contribution in [0.3, 0.4) is 0 Å². The summed E-state index contributed by atoms with van der Waals surface area (Å²) in [6.07, 6.45) is 3.66. The normalized spacial score (nSPS) is 23.9. The van der Waals surface area contributed by atoms with E-state index in [0.29, 0.717) is 11.8 Å². The summed E-state index contributed by atoms with van der Waals surface area (Å²) in [5, 5.41) is 1.83. The van der Waals surface area contributed by atoms with Gasteiger partial charge in [0.25, 0.3) is 10.0 Å². The van der Waals surface area contributed by atoms with Gasteiger partial charge >= 0.3 is 35.6 Å². The van der Waals surface area contributed by atoms with E-state index in [1.165, 1.54) is 31.4 Å². The van der Waals surface area contributed by atoms with Gasteiger partial charge in [-0.25, -0.2) is 22.9 Å². The van der Waals surface area contributed by atoms with Crippen LogP contribution in [0.15, 0.2) is 29.2 Å². The maximum Gasteiger partial charge on any atom is 1.00 e. The summed E-state index contributed by atoms with van der Waals surface area (Å²) in [5.41, 5.74) is 3.61. The number of fused-ring (bicyclic) bond motifs is 1. The number of hydrogen-bond donors (Lipinski definition) is 2. The fraction of sp³-hybridized carbons (Fsp3) is 0.533. The van der Waals surface area contributed by atoms with Gasteiger partial charge in [0.05, 0.1) is 4.90 Å². The predicted molar refractivity (Wildman–Crippen MR) is 82.4 cm³/mol. The molecule has 8 heteroatoms. The number of hydrazine groups is 1. The van der Waals surface area contributed by atoms with E-state index in [1.807, 2.05) is 11.9 Å². The molecule has 6 nitrogen and oxygen atoms in total. The van der Waals surface area contributed by atoms with E-state index < -0.39 is 16.1 Å². The van der Waals surface area contributed by atoms with Gasteiger partial charge in [-0.05, 0) is 43.7 Å². The number of carbonyl (C=O) groups excluding carboxylic acids is 1. The molecule has 2 amide bonds. The number of carbonyl (C=O) groups is 1. The number of nitrogens with one attached hydrogen (secondary N) is 2. The molecule has 120 valence electrons. The van der Waals surface area contributed by atoms with E-state index in [0.717, 1.165) is 18.7 Å². The zero-order chi connectivity index (χ0) is 15.7. The number of aryl methyl sites for hydroxylation is 1. The average Bonchev–Trinajstić information content (AvgIpc) is 2.99. The van der Waals surface area contributed by atoms with E-state index in [1.54, 1.807) is 12.1 Å². The monoisotopic (exact) mass is 346 g/mol. The summed E-state index contributed by atoms with van der Waals surface area (Å²) >= 11 is 0. The SMILES string of the molecule is Cc1ccc(S(=O)(=O)NC(=O)NN2CC3CCCC3C2)cc1.[Na+]. The number of urea groups is 1. The number of rotatable bonds is 3. The molecule has 1 aromatic rings. The molecular weight excluding hydrogens is 325 g/mol. The minimum absolute atomic E-state index is 0. The molecule has 2 unspecified atom stereocenters. The third-order valence-electron chi connectivity index (χ3n) is 4.54. The predicted octanol–water partition coefficient (Wildman–Crippen LogP) is -1.37. The molecule has 2 atom stereocenters. The van der Waals surface area contributed by atoms with Gasteiger partial charge in [0, 0.05) is 13.1 Å². The summed E-state index contributed by atoms with van der Waals surface area (Å²) in [7, 11) is -3.83. The molecule has 0 bridgehead atoms. The largest absolute Gasteiger partial charge is 1.00 e. The van der Waals surface area contributed by atoms with Gasteiger partial charge in [-0.3, -0.25) is 5.43 Å². The molecule has 0 radical (unpaired) electrons. The van der Waals surface area contributed by atoms with Gasteiger partial charge in [-0.15, -0.1) is 0 Å². The molecular formula is C15H21N3NaO3S+. The molecule has 1 heterocycles. The number of benzene rings is 1. The fourth-order valence-corrected chi connectivity index (χ4v) is 4.29. The molecule has 3 rings (SSSR count). The first-order chi connectivity index (χ1) is 10.4. The van der Waals surface area contributed by atoms with Crippen molar-refractivity contribution in [1.29, 1.82) is 0 Å². The smallest absolute Gasteiger partial charge is 0.270 e. The first kappa shape index (κ1) is 18.7. The molecule has 2 N–H and O–H groups in total. The van der Waals surface area contributed by atoms with Crippen molar-refractivity contribution in [3.63, 3.8) is 0 Å². The maximum atomic E-state index is 12.1. The average molecular weight is 346 g/mol. The minimum atomic E-state index is -3.83. The third kappa shape index (κ3) is 4.48. The Balaban J connectivity index is 0.00000192. The Labute approximate surface area is 159 Å². The van der Waals surface area contributed by atoms with Gasteiger partial charge in [-0.1, -0.05) is 24.1 Å². The first-order valence-electron chi connectivity index (χ1n) is 7.59. The van der Waals surface area contributed by atoms with E-state index in [-0.39, 0.29) is 34.5 Å². The topological polar surface area (TPSA) is 78.5 Å². The van der Waals surface area contributed by atoms with Gasteiger partial charge in [0.2, 0.25) is 0 Å². The Morgan fingerprint density at radius 2 is 1.70 bits per heavy atom. The maximum absolute atomic E-state index is 12.1. The Bertz CT molecular complexity index is 651. The van der Waals surface area contributed by atoms with Crippen LogP contribution in [0.1, 0.15) is 24.8 Å². The van der Waals surface area contributed by atoms with Crippen molar-refractivity contribution in [2.45, 2.75) is 31.1 Å². The summed E-state index contributed by atoms with van der Waals surface area (Å²) in [6.45, 7) is 3.49. The molecule has 1 aliphatic carbocycles. The van der Waals surface area contributed by atoms with E-state index in [2.05, 4.69) is 10.1 Å². The van der Waals surface area contributed by atoms with Crippen molar-refractivity contribution in [1.82, 2.24) is 15.2 Å². The molecule has 1 saturated heterocycles. The second-order valence-electron chi connectivity index (χ2n) is 6.22. The third-order valence-corrected chi connectivity index (χ3v) is 5.89. The Morgan fingerprint density at radius 1 is 1.13 bits per heavy atom. The number of sulfonamides is 1. The Morgan fingerprint density at radius 3 is 2.26 bits per heavy atom. The summed E-state index contributed by atoms with van der Waals surface area (Å²) in [5.74, 6) is 1.27. The van der Waals surface area contributed by atoms with Gasteiger partial charge < -0.3 is 0 Å². The van der Waals surface area contributed by atoms with Crippen molar-refractivity contribution in [2.75, 3.05) is 13.1 Å². The van der Waals surface area contributed by atoms with Crippen molar-refractivity contribution in [3.8, 4) is 0 Å². The van der Waals surface area contributed by atoms with Crippen molar-refractivity contribution < 1.29 is 42.8 Å². The van der Waals surface area contributed by atoms with Crippen molar-refractivity contribution >= 4 is 16.1 Å². The second kappa shape index (κ2) is 7.53. The molecule has 2 aliphatic rings. The van der Waals surface area contributed by atoms with E-state index in [9.17, 15) is 13.2 Å². The van der Waals surface area contributed by atoms with Crippen LogP contribution in [0.4, 0.5) is 4.79 Å². The van der Waals surface area contributed by atoms with Crippen LogP contribution >= 0.6 is 0 Å². The van der Waals surface area contributed by atoms with Crippen LogP contribution in [0.2, 0.25) is 0 Å². The molecule has 23 heavy (non-hydrogen) atoms. The molecule has 2 fully saturated rings. The van der Waals surface area contributed by atoms with Gasteiger partial charge in [0.15, 0.2) is 0 Å². The van der Waals surface area contributed by atoms with E-state index >= 15 is 0 Å². The Hall–Kier alpha value is -0.600. The zero-order valence-electron chi connectivity index (χ0n) is 13.6. The standard InChI is InChI=1S/C15H21N3O3S.Na/c1-11-5-7-14(8-6-11)22(20,21)17-15(19)16-18-9-12-3-2-4-13(12)10-18;/h5-8,12-13H,2-4,9-10H2,1H3,(H2,16,17,19);/q;+1. The fourth-order valence-electron chi connectivity index (χ4n) is 3.39. The van der Waals surface area contributed by atoms with Crippen LogP contribution in [0.5, 0.6) is 0 Å². The molecule has 1 aliphatic heterocycles. The summed E-state index contributed by atoms with van der Waals surface area (Å²) in [4.78, 5) is 12.0. The van der Waals surface area contributed by atoms with Crippen molar-refractivity contribution in [3.05, 3.63) is 29.8 Å². The van der Waals surface area contributed by atoms with Crippen LogP contribution in [0, 0.1) is 18.8 Å². The number of nitrogens with zero attached hydrogens (tertiary/aromatic N) is 1.